The highest BCUT2D eigenvalue weighted by atomic mass is 16.5. The SMILES string of the molecule is N[C@@H]1c2ccccc2C[C@H]1NC1CCCC12CCOCC2. The van der Waals surface area contributed by atoms with E-state index in [1.807, 2.05) is 0 Å². The van der Waals surface area contributed by atoms with Gasteiger partial charge in [-0.1, -0.05) is 30.7 Å². The highest BCUT2D eigenvalue weighted by Gasteiger charge is 2.45. The molecule has 1 heterocycles. The minimum atomic E-state index is 0.152. The van der Waals surface area contributed by atoms with E-state index < -0.39 is 0 Å². The van der Waals surface area contributed by atoms with E-state index in [0.29, 0.717) is 17.5 Å². The van der Waals surface area contributed by atoms with Crippen LogP contribution in [0.5, 0.6) is 0 Å². The second-order valence-corrected chi connectivity index (χ2v) is 7.12. The van der Waals surface area contributed by atoms with E-state index in [2.05, 4.69) is 29.6 Å². The fourth-order valence-corrected chi connectivity index (χ4v) is 4.82. The summed E-state index contributed by atoms with van der Waals surface area (Å²) in [5.74, 6) is 0. The Morgan fingerprint density at radius 1 is 1.14 bits per heavy atom. The maximum absolute atomic E-state index is 6.50. The summed E-state index contributed by atoms with van der Waals surface area (Å²) in [4.78, 5) is 0. The molecule has 1 unspecified atom stereocenters. The molecule has 2 fully saturated rings. The van der Waals surface area contributed by atoms with Crippen LogP contribution in [0.3, 0.4) is 0 Å². The first-order valence-electron chi connectivity index (χ1n) is 8.46. The number of nitrogens with two attached hydrogens (primary N) is 1. The quantitative estimate of drug-likeness (QED) is 0.878. The molecule has 1 saturated carbocycles. The lowest BCUT2D eigenvalue weighted by Gasteiger charge is -2.41. The molecule has 4 rings (SSSR count). The van der Waals surface area contributed by atoms with E-state index in [0.717, 1.165) is 19.6 Å². The zero-order valence-electron chi connectivity index (χ0n) is 12.7. The monoisotopic (exact) mass is 286 g/mol. The van der Waals surface area contributed by atoms with Gasteiger partial charge in [0.15, 0.2) is 0 Å². The molecule has 0 aromatic heterocycles. The van der Waals surface area contributed by atoms with E-state index in [1.165, 1.54) is 43.2 Å². The molecule has 1 aromatic rings. The highest BCUT2D eigenvalue weighted by Crippen LogP contribution is 2.46. The van der Waals surface area contributed by atoms with Crippen LogP contribution in [0.25, 0.3) is 0 Å². The Labute approximate surface area is 127 Å². The summed E-state index contributed by atoms with van der Waals surface area (Å²) in [7, 11) is 0. The Balaban J connectivity index is 1.49. The van der Waals surface area contributed by atoms with Crippen LogP contribution in [0, 0.1) is 5.41 Å². The average Bonchev–Trinajstić information content (AvgIpc) is 3.04. The lowest BCUT2D eigenvalue weighted by molar-refractivity contribution is 0.00217. The van der Waals surface area contributed by atoms with E-state index in [9.17, 15) is 0 Å². The number of fused-ring (bicyclic) bond motifs is 1. The molecule has 2 aliphatic carbocycles. The van der Waals surface area contributed by atoms with Crippen molar-refractivity contribution in [2.45, 2.75) is 56.7 Å². The van der Waals surface area contributed by atoms with Crippen LogP contribution in [0.2, 0.25) is 0 Å². The van der Waals surface area contributed by atoms with Gasteiger partial charge < -0.3 is 15.8 Å². The van der Waals surface area contributed by atoms with E-state index in [1.54, 1.807) is 0 Å². The number of rotatable bonds is 2. The van der Waals surface area contributed by atoms with Crippen LogP contribution in [0.15, 0.2) is 24.3 Å². The largest absolute Gasteiger partial charge is 0.381 e. The van der Waals surface area contributed by atoms with Crippen molar-refractivity contribution in [1.82, 2.24) is 5.32 Å². The minimum Gasteiger partial charge on any atom is -0.381 e. The van der Waals surface area contributed by atoms with Crippen LogP contribution >= 0.6 is 0 Å². The standard InChI is InChI=1S/C18H26N2O/c19-17-14-5-2-1-4-13(14)12-15(17)20-16-6-3-7-18(16)8-10-21-11-9-18/h1-2,4-5,15-17,20H,3,6-12,19H2/t15-,16?,17-/m1/s1. The summed E-state index contributed by atoms with van der Waals surface area (Å²) in [6.45, 7) is 1.88. The van der Waals surface area contributed by atoms with E-state index >= 15 is 0 Å². The summed E-state index contributed by atoms with van der Waals surface area (Å²) in [6, 6.07) is 9.85. The van der Waals surface area contributed by atoms with Crippen molar-refractivity contribution in [2.75, 3.05) is 13.2 Å². The third-order valence-electron chi connectivity index (χ3n) is 6.10. The number of ether oxygens (including phenoxy) is 1. The number of hydrogen-bond acceptors (Lipinski definition) is 3. The summed E-state index contributed by atoms with van der Waals surface area (Å²) >= 11 is 0. The van der Waals surface area contributed by atoms with Crippen molar-refractivity contribution in [3.05, 3.63) is 35.4 Å². The summed E-state index contributed by atoms with van der Waals surface area (Å²) in [5.41, 5.74) is 9.75. The maximum atomic E-state index is 6.50. The van der Waals surface area contributed by atoms with Gasteiger partial charge in [0.1, 0.15) is 0 Å². The van der Waals surface area contributed by atoms with Gasteiger partial charge in [-0.25, -0.2) is 0 Å². The van der Waals surface area contributed by atoms with Gasteiger partial charge in [0.2, 0.25) is 0 Å². The van der Waals surface area contributed by atoms with Gasteiger partial charge in [0.05, 0.1) is 0 Å². The average molecular weight is 286 g/mol. The number of nitrogens with one attached hydrogen (secondary N) is 1. The Kier molecular flexibility index (Phi) is 3.52. The van der Waals surface area contributed by atoms with Gasteiger partial charge in [-0.05, 0) is 48.6 Å². The molecule has 1 spiro atoms. The minimum absolute atomic E-state index is 0.152. The highest BCUT2D eigenvalue weighted by molar-refractivity contribution is 5.37. The maximum Gasteiger partial charge on any atom is 0.0471 e. The Bertz CT molecular complexity index is 510. The molecule has 3 heteroatoms. The molecule has 3 atom stereocenters. The van der Waals surface area contributed by atoms with E-state index in [-0.39, 0.29) is 6.04 Å². The molecular formula is C18H26N2O. The topological polar surface area (TPSA) is 47.3 Å². The van der Waals surface area contributed by atoms with Crippen molar-refractivity contribution >= 4 is 0 Å². The molecule has 1 aliphatic heterocycles. The molecule has 1 aromatic carbocycles. The Morgan fingerprint density at radius 2 is 1.95 bits per heavy atom. The smallest absolute Gasteiger partial charge is 0.0471 e. The molecule has 0 bridgehead atoms. The lowest BCUT2D eigenvalue weighted by atomic mass is 9.75. The van der Waals surface area contributed by atoms with Crippen molar-refractivity contribution in [3.8, 4) is 0 Å². The van der Waals surface area contributed by atoms with Crippen molar-refractivity contribution in [2.24, 2.45) is 11.1 Å². The van der Waals surface area contributed by atoms with Crippen LogP contribution in [0.1, 0.15) is 49.3 Å². The predicted molar refractivity (Wildman–Crippen MR) is 84.1 cm³/mol. The van der Waals surface area contributed by atoms with E-state index in [4.69, 9.17) is 10.5 Å². The summed E-state index contributed by atoms with van der Waals surface area (Å²) in [6.07, 6.45) is 7.55. The van der Waals surface area contributed by atoms with Gasteiger partial charge >= 0.3 is 0 Å². The second-order valence-electron chi connectivity index (χ2n) is 7.12. The third kappa shape index (κ3) is 2.32. The molecule has 3 nitrogen and oxygen atoms in total. The first kappa shape index (κ1) is 13.7. The third-order valence-corrected chi connectivity index (χ3v) is 6.10. The normalized spacial score (nSPS) is 34.2. The van der Waals surface area contributed by atoms with Gasteiger partial charge in [0.25, 0.3) is 0 Å². The van der Waals surface area contributed by atoms with Crippen LogP contribution in [-0.2, 0) is 11.2 Å². The van der Waals surface area contributed by atoms with Gasteiger partial charge in [-0.3, -0.25) is 0 Å². The van der Waals surface area contributed by atoms with Crippen LogP contribution in [-0.4, -0.2) is 25.3 Å². The lowest BCUT2D eigenvalue weighted by Crippen LogP contribution is -2.50. The first-order valence-corrected chi connectivity index (χ1v) is 8.46. The molecular weight excluding hydrogens is 260 g/mol. The zero-order valence-corrected chi connectivity index (χ0v) is 12.7. The first-order chi connectivity index (χ1) is 10.3. The van der Waals surface area contributed by atoms with Gasteiger partial charge in [-0.2, -0.15) is 0 Å². The Hall–Kier alpha value is -0.900. The van der Waals surface area contributed by atoms with Crippen molar-refractivity contribution in [3.63, 3.8) is 0 Å². The summed E-state index contributed by atoms with van der Waals surface area (Å²) < 4.78 is 5.59. The van der Waals surface area contributed by atoms with Crippen LogP contribution < -0.4 is 11.1 Å². The summed E-state index contributed by atoms with van der Waals surface area (Å²) in [5, 5.41) is 3.95. The number of hydrogen-bond donors (Lipinski definition) is 2. The van der Waals surface area contributed by atoms with Crippen molar-refractivity contribution < 1.29 is 4.74 Å². The van der Waals surface area contributed by atoms with Crippen molar-refractivity contribution in [1.29, 1.82) is 0 Å². The molecule has 3 aliphatic rings. The molecule has 114 valence electrons. The Morgan fingerprint density at radius 3 is 2.76 bits per heavy atom. The molecule has 3 N–H and O–H groups in total. The van der Waals surface area contributed by atoms with Crippen LogP contribution in [0.4, 0.5) is 0 Å². The molecule has 0 amide bonds. The second kappa shape index (κ2) is 5.38. The predicted octanol–water partition coefficient (Wildman–Crippen LogP) is 2.55. The molecule has 0 radical (unpaired) electrons. The van der Waals surface area contributed by atoms with Gasteiger partial charge in [-0.15, -0.1) is 0 Å². The van der Waals surface area contributed by atoms with Gasteiger partial charge in [0, 0.05) is 31.3 Å². The number of benzene rings is 1. The molecule has 21 heavy (non-hydrogen) atoms. The molecule has 1 saturated heterocycles. The zero-order chi connectivity index (χ0) is 14.3. The fourth-order valence-electron chi connectivity index (χ4n) is 4.82. The fraction of sp³-hybridized carbons (Fsp3) is 0.667.